The highest BCUT2D eigenvalue weighted by Gasteiger charge is 2.35. The highest BCUT2D eigenvalue weighted by Crippen LogP contribution is 2.46. The summed E-state index contributed by atoms with van der Waals surface area (Å²) in [6, 6.07) is 0. The zero-order chi connectivity index (χ0) is 12.8. The van der Waals surface area contributed by atoms with Crippen molar-refractivity contribution in [3.63, 3.8) is 0 Å². The fourth-order valence-corrected chi connectivity index (χ4v) is 3.03. The van der Waals surface area contributed by atoms with E-state index in [1.54, 1.807) is 0 Å². The molecular formula is C13H19N5. The number of hydrogen-bond acceptors (Lipinski definition) is 4. The van der Waals surface area contributed by atoms with Crippen LogP contribution in [0.1, 0.15) is 51.3 Å². The van der Waals surface area contributed by atoms with E-state index in [9.17, 15) is 0 Å². The molecule has 1 atom stereocenters. The molecule has 2 heterocycles. The van der Waals surface area contributed by atoms with Gasteiger partial charge in [0.2, 0.25) is 0 Å². The first-order valence-corrected chi connectivity index (χ1v) is 6.54. The minimum atomic E-state index is 0.286. The van der Waals surface area contributed by atoms with E-state index in [1.807, 2.05) is 0 Å². The third-order valence-electron chi connectivity index (χ3n) is 4.17. The number of rotatable bonds is 1. The Labute approximate surface area is 106 Å². The van der Waals surface area contributed by atoms with Gasteiger partial charge in [0, 0.05) is 5.92 Å². The second-order valence-corrected chi connectivity index (χ2v) is 5.87. The van der Waals surface area contributed by atoms with Crippen LogP contribution >= 0.6 is 0 Å². The number of H-pyrrole nitrogens is 1. The molecule has 0 bridgehead atoms. The van der Waals surface area contributed by atoms with Crippen molar-refractivity contribution in [3.05, 3.63) is 12.2 Å². The molecule has 0 amide bonds. The normalized spacial score (nSPS) is 23.3. The molecule has 2 aromatic heterocycles. The van der Waals surface area contributed by atoms with Crippen molar-refractivity contribution in [1.82, 2.24) is 19.9 Å². The van der Waals surface area contributed by atoms with Crippen molar-refractivity contribution in [1.29, 1.82) is 0 Å². The van der Waals surface area contributed by atoms with Crippen LogP contribution in [-0.4, -0.2) is 19.9 Å². The van der Waals surface area contributed by atoms with Gasteiger partial charge in [-0.05, 0) is 18.3 Å². The van der Waals surface area contributed by atoms with Crippen molar-refractivity contribution < 1.29 is 0 Å². The summed E-state index contributed by atoms with van der Waals surface area (Å²) >= 11 is 0. The topological polar surface area (TPSA) is 80.5 Å². The van der Waals surface area contributed by atoms with Crippen LogP contribution in [0.5, 0.6) is 0 Å². The van der Waals surface area contributed by atoms with E-state index in [4.69, 9.17) is 5.73 Å². The minimum Gasteiger partial charge on any atom is -0.382 e. The number of aromatic nitrogens is 4. The molecule has 0 aromatic carbocycles. The number of hydrogen-bond donors (Lipinski definition) is 2. The monoisotopic (exact) mass is 245 g/mol. The van der Waals surface area contributed by atoms with E-state index in [2.05, 4.69) is 33.8 Å². The zero-order valence-corrected chi connectivity index (χ0v) is 10.9. The number of fused-ring (bicyclic) bond motifs is 1. The van der Waals surface area contributed by atoms with Crippen molar-refractivity contribution >= 4 is 17.0 Å². The Morgan fingerprint density at radius 3 is 2.89 bits per heavy atom. The highest BCUT2D eigenvalue weighted by atomic mass is 15.1. The maximum absolute atomic E-state index is 5.84. The molecule has 1 fully saturated rings. The molecule has 2 aromatic rings. The first-order chi connectivity index (χ1) is 8.58. The fraction of sp³-hybridized carbons (Fsp3) is 0.615. The quantitative estimate of drug-likeness (QED) is 0.809. The largest absolute Gasteiger partial charge is 0.382 e. The molecule has 0 aliphatic heterocycles. The van der Waals surface area contributed by atoms with Gasteiger partial charge >= 0.3 is 0 Å². The Morgan fingerprint density at radius 1 is 1.33 bits per heavy atom. The van der Waals surface area contributed by atoms with Gasteiger partial charge in [-0.1, -0.05) is 26.7 Å². The summed E-state index contributed by atoms with van der Waals surface area (Å²) in [4.78, 5) is 16.1. The number of aromatic amines is 1. The van der Waals surface area contributed by atoms with Crippen molar-refractivity contribution in [2.24, 2.45) is 5.41 Å². The summed E-state index contributed by atoms with van der Waals surface area (Å²) in [5.41, 5.74) is 7.58. The SMILES string of the molecule is CC1(C)CCCCC1c1nc2ncnc(N)c2[nH]1. The number of anilines is 1. The van der Waals surface area contributed by atoms with Gasteiger partial charge in [-0.2, -0.15) is 0 Å². The number of nitrogens with one attached hydrogen (secondary N) is 1. The molecule has 1 aliphatic carbocycles. The molecule has 0 saturated heterocycles. The second-order valence-electron chi connectivity index (χ2n) is 5.87. The molecule has 1 saturated carbocycles. The van der Waals surface area contributed by atoms with Crippen molar-refractivity contribution in [2.75, 3.05) is 5.73 Å². The average molecular weight is 245 g/mol. The Balaban J connectivity index is 2.06. The van der Waals surface area contributed by atoms with Gasteiger partial charge in [-0.25, -0.2) is 15.0 Å². The highest BCUT2D eigenvalue weighted by molar-refractivity contribution is 5.81. The van der Waals surface area contributed by atoms with E-state index >= 15 is 0 Å². The second kappa shape index (κ2) is 3.93. The molecule has 0 radical (unpaired) electrons. The lowest BCUT2D eigenvalue weighted by Crippen LogP contribution is -2.26. The van der Waals surface area contributed by atoms with Gasteiger partial charge in [-0.15, -0.1) is 0 Å². The number of nitrogens with two attached hydrogens (primary N) is 1. The maximum atomic E-state index is 5.84. The molecule has 1 unspecified atom stereocenters. The maximum Gasteiger partial charge on any atom is 0.183 e. The fourth-order valence-electron chi connectivity index (χ4n) is 3.03. The minimum absolute atomic E-state index is 0.286. The Kier molecular flexibility index (Phi) is 2.50. The molecule has 3 rings (SSSR count). The molecule has 0 spiro atoms. The van der Waals surface area contributed by atoms with Gasteiger partial charge in [0.15, 0.2) is 11.5 Å². The smallest absolute Gasteiger partial charge is 0.183 e. The first kappa shape index (κ1) is 11.4. The Morgan fingerprint density at radius 2 is 2.17 bits per heavy atom. The molecule has 18 heavy (non-hydrogen) atoms. The summed E-state index contributed by atoms with van der Waals surface area (Å²) in [7, 11) is 0. The number of nitrogens with zero attached hydrogens (tertiary/aromatic N) is 3. The van der Waals surface area contributed by atoms with Crippen LogP contribution in [0.4, 0.5) is 5.82 Å². The molecule has 1 aliphatic rings. The molecular weight excluding hydrogens is 226 g/mol. The van der Waals surface area contributed by atoms with Crippen LogP contribution in [0.2, 0.25) is 0 Å². The molecule has 5 heteroatoms. The molecule has 96 valence electrons. The zero-order valence-electron chi connectivity index (χ0n) is 10.9. The van der Waals surface area contributed by atoms with Crippen LogP contribution in [0.3, 0.4) is 0 Å². The van der Waals surface area contributed by atoms with Gasteiger partial charge in [0.1, 0.15) is 17.7 Å². The van der Waals surface area contributed by atoms with E-state index in [0.717, 1.165) is 11.3 Å². The first-order valence-electron chi connectivity index (χ1n) is 6.54. The van der Waals surface area contributed by atoms with Crippen molar-refractivity contribution in [3.8, 4) is 0 Å². The lowest BCUT2D eigenvalue weighted by molar-refractivity contribution is 0.193. The van der Waals surface area contributed by atoms with Gasteiger partial charge in [0.25, 0.3) is 0 Å². The van der Waals surface area contributed by atoms with E-state index in [1.165, 1.54) is 32.0 Å². The van der Waals surface area contributed by atoms with Gasteiger partial charge in [-0.3, -0.25) is 0 Å². The van der Waals surface area contributed by atoms with Gasteiger partial charge < -0.3 is 10.7 Å². The third-order valence-corrected chi connectivity index (χ3v) is 4.17. The lowest BCUT2D eigenvalue weighted by atomic mass is 9.68. The number of imidazole rings is 1. The van der Waals surface area contributed by atoms with Crippen LogP contribution in [-0.2, 0) is 0 Å². The predicted molar refractivity (Wildman–Crippen MR) is 71.1 cm³/mol. The van der Waals surface area contributed by atoms with E-state index in [0.29, 0.717) is 17.4 Å². The summed E-state index contributed by atoms with van der Waals surface area (Å²) in [5.74, 6) is 1.95. The summed E-state index contributed by atoms with van der Waals surface area (Å²) in [6.07, 6.45) is 6.47. The van der Waals surface area contributed by atoms with E-state index in [-0.39, 0.29) is 5.41 Å². The van der Waals surface area contributed by atoms with Gasteiger partial charge in [0.05, 0.1) is 0 Å². The van der Waals surface area contributed by atoms with Crippen molar-refractivity contribution in [2.45, 2.75) is 45.4 Å². The molecule has 3 N–H and O–H groups in total. The lowest BCUT2D eigenvalue weighted by Gasteiger charge is -2.37. The molecule has 5 nitrogen and oxygen atoms in total. The predicted octanol–water partition coefficient (Wildman–Crippen LogP) is 2.62. The Hall–Kier alpha value is -1.65. The Bertz CT molecular complexity index is 572. The third kappa shape index (κ3) is 1.74. The standard InChI is InChI=1S/C13H19N5/c1-13(2)6-4-3-5-8(13)11-17-9-10(14)15-7-16-12(9)18-11/h7-8H,3-6H2,1-2H3,(H3,14,15,16,17,18). The van der Waals surface area contributed by atoms with Crippen LogP contribution in [0, 0.1) is 5.41 Å². The summed E-state index contributed by atoms with van der Waals surface area (Å²) in [5, 5.41) is 0. The summed E-state index contributed by atoms with van der Waals surface area (Å²) in [6.45, 7) is 4.64. The number of nitrogen functional groups attached to an aromatic ring is 1. The average Bonchev–Trinajstić information content (AvgIpc) is 2.73. The van der Waals surface area contributed by atoms with Crippen LogP contribution in [0.15, 0.2) is 6.33 Å². The summed E-state index contributed by atoms with van der Waals surface area (Å²) < 4.78 is 0. The van der Waals surface area contributed by atoms with Crippen LogP contribution in [0.25, 0.3) is 11.2 Å². The van der Waals surface area contributed by atoms with Crippen LogP contribution < -0.4 is 5.73 Å². The van der Waals surface area contributed by atoms with E-state index < -0.39 is 0 Å².